The molecule has 2 heteroatoms. The van der Waals surface area contributed by atoms with Gasteiger partial charge in [-0.1, -0.05) is 24.3 Å². The van der Waals surface area contributed by atoms with Crippen LogP contribution in [-0.2, 0) is 0 Å². The van der Waals surface area contributed by atoms with Crippen LogP contribution >= 0.6 is 0 Å². The van der Waals surface area contributed by atoms with Crippen molar-refractivity contribution in [2.45, 2.75) is 25.8 Å². The standard InChI is InChI=1S/C17H20N2/c1-13-5-2-8-16(11-13)19-10-4-9-17(19)14-6-3-7-15(18)12-14/h2-3,5-8,11-12,17H,4,9-10,18H2,1H3. The summed E-state index contributed by atoms with van der Waals surface area (Å²) < 4.78 is 0. The van der Waals surface area contributed by atoms with Gasteiger partial charge in [0.15, 0.2) is 0 Å². The molecule has 98 valence electrons. The minimum atomic E-state index is 0.463. The number of nitrogens with zero attached hydrogens (tertiary/aromatic N) is 1. The van der Waals surface area contributed by atoms with E-state index in [1.165, 1.54) is 29.7 Å². The van der Waals surface area contributed by atoms with Crippen LogP contribution in [0.3, 0.4) is 0 Å². The maximum Gasteiger partial charge on any atom is 0.0543 e. The third-order valence-electron chi connectivity index (χ3n) is 3.88. The molecule has 0 radical (unpaired) electrons. The predicted molar refractivity (Wildman–Crippen MR) is 81.4 cm³/mol. The molecule has 0 saturated carbocycles. The van der Waals surface area contributed by atoms with Gasteiger partial charge in [0.25, 0.3) is 0 Å². The fourth-order valence-corrected chi connectivity index (χ4v) is 3.00. The fraction of sp³-hybridized carbons (Fsp3) is 0.294. The molecule has 1 saturated heterocycles. The van der Waals surface area contributed by atoms with Crippen molar-refractivity contribution in [1.29, 1.82) is 0 Å². The molecule has 1 aliphatic heterocycles. The van der Waals surface area contributed by atoms with Crippen molar-refractivity contribution < 1.29 is 0 Å². The van der Waals surface area contributed by atoms with Crippen LogP contribution < -0.4 is 10.6 Å². The molecule has 2 nitrogen and oxygen atoms in total. The molecule has 0 aromatic heterocycles. The van der Waals surface area contributed by atoms with Gasteiger partial charge in [-0.25, -0.2) is 0 Å². The Balaban J connectivity index is 1.93. The van der Waals surface area contributed by atoms with E-state index in [2.05, 4.69) is 54.3 Å². The Morgan fingerprint density at radius 2 is 1.95 bits per heavy atom. The van der Waals surface area contributed by atoms with Gasteiger partial charge < -0.3 is 10.6 Å². The van der Waals surface area contributed by atoms with Crippen LogP contribution in [0.4, 0.5) is 11.4 Å². The third kappa shape index (κ3) is 2.43. The highest BCUT2D eigenvalue weighted by atomic mass is 15.2. The zero-order valence-corrected chi connectivity index (χ0v) is 11.3. The lowest BCUT2D eigenvalue weighted by Crippen LogP contribution is -2.22. The normalized spacial score (nSPS) is 18.8. The summed E-state index contributed by atoms with van der Waals surface area (Å²) in [5, 5.41) is 0. The second-order valence-electron chi connectivity index (χ2n) is 5.36. The topological polar surface area (TPSA) is 29.3 Å². The van der Waals surface area contributed by atoms with Gasteiger partial charge in [-0.2, -0.15) is 0 Å². The smallest absolute Gasteiger partial charge is 0.0543 e. The quantitative estimate of drug-likeness (QED) is 0.821. The molecule has 19 heavy (non-hydrogen) atoms. The van der Waals surface area contributed by atoms with Gasteiger partial charge in [0.1, 0.15) is 0 Å². The van der Waals surface area contributed by atoms with E-state index < -0.39 is 0 Å². The number of nitrogen functional groups attached to an aromatic ring is 1. The summed E-state index contributed by atoms with van der Waals surface area (Å²) in [6, 6.07) is 17.5. The summed E-state index contributed by atoms with van der Waals surface area (Å²) in [7, 11) is 0. The lowest BCUT2D eigenvalue weighted by atomic mass is 10.0. The largest absolute Gasteiger partial charge is 0.399 e. The number of anilines is 2. The maximum atomic E-state index is 5.92. The molecule has 1 fully saturated rings. The molecule has 0 aliphatic carbocycles. The number of rotatable bonds is 2. The van der Waals surface area contributed by atoms with Crippen molar-refractivity contribution in [3.05, 3.63) is 59.7 Å². The van der Waals surface area contributed by atoms with Crippen molar-refractivity contribution in [2.75, 3.05) is 17.2 Å². The molecular formula is C17H20N2. The number of hydrogen-bond donors (Lipinski definition) is 1. The average molecular weight is 252 g/mol. The molecule has 0 amide bonds. The van der Waals surface area contributed by atoms with E-state index in [1.54, 1.807) is 0 Å². The molecule has 0 spiro atoms. The Labute approximate surface area is 114 Å². The summed E-state index contributed by atoms with van der Waals surface area (Å²) >= 11 is 0. The van der Waals surface area contributed by atoms with Crippen LogP contribution in [0.25, 0.3) is 0 Å². The zero-order valence-electron chi connectivity index (χ0n) is 11.3. The lowest BCUT2D eigenvalue weighted by molar-refractivity contribution is 0.719. The molecule has 0 bridgehead atoms. The SMILES string of the molecule is Cc1cccc(N2CCCC2c2cccc(N)c2)c1. The molecule has 1 unspecified atom stereocenters. The Morgan fingerprint density at radius 3 is 2.74 bits per heavy atom. The molecule has 2 N–H and O–H groups in total. The monoisotopic (exact) mass is 252 g/mol. The molecule has 2 aromatic rings. The second kappa shape index (κ2) is 4.96. The van der Waals surface area contributed by atoms with Gasteiger partial charge >= 0.3 is 0 Å². The van der Waals surface area contributed by atoms with Crippen molar-refractivity contribution in [2.24, 2.45) is 0 Å². The summed E-state index contributed by atoms with van der Waals surface area (Å²) in [6.07, 6.45) is 2.45. The van der Waals surface area contributed by atoms with Crippen LogP contribution in [0, 0.1) is 6.92 Å². The van der Waals surface area contributed by atoms with Crippen LogP contribution in [0.15, 0.2) is 48.5 Å². The van der Waals surface area contributed by atoms with Gasteiger partial charge in [-0.15, -0.1) is 0 Å². The number of nitrogens with two attached hydrogens (primary N) is 1. The summed E-state index contributed by atoms with van der Waals surface area (Å²) in [6.45, 7) is 3.28. The molecule has 1 heterocycles. The minimum absolute atomic E-state index is 0.463. The van der Waals surface area contributed by atoms with Crippen molar-refractivity contribution in [3.63, 3.8) is 0 Å². The number of aryl methyl sites for hydroxylation is 1. The van der Waals surface area contributed by atoms with E-state index in [9.17, 15) is 0 Å². The van der Waals surface area contributed by atoms with E-state index >= 15 is 0 Å². The molecule has 1 atom stereocenters. The van der Waals surface area contributed by atoms with Crippen molar-refractivity contribution >= 4 is 11.4 Å². The fourth-order valence-electron chi connectivity index (χ4n) is 3.00. The van der Waals surface area contributed by atoms with Gasteiger partial charge in [0, 0.05) is 17.9 Å². The average Bonchev–Trinajstić information content (AvgIpc) is 2.88. The van der Waals surface area contributed by atoms with Crippen molar-refractivity contribution in [3.8, 4) is 0 Å². The first-order valence-corrected chi connectivity index (χ1v) is 6.93. The summed E-state index contributed by atoms with van der Waals surface area (Å²) in [5.41, 5.74) is 10.7. The molecule has 3 rings (SSSR count). The summed E-state index contributed by atoms with van der Waals surface area (Å²) in [5.74, 6) is 0. The van der Waals surface area contributed by atoms with E-state index in [0.717, 1.165) is 12.2 Å². The van der Waals surface area contributed by atoms with Crippen LogP contribution in [-0.4, -0.2) is 6.54 Å². The van der Waals surface area contributed by atoms with E-state index in [0.29, 0.717) is 6.04 Å². The van der Waals surface area contributed by atoms with Crippen LogP contribution in [0.5, 0.6) is 0 Å². The van der Waals surface area contributed by atoms with Crippen LogP contribution in [0.1, 0.15) is 30.0 Å². The first-order valence-electron chi connectivity index (χ1n) is 6.93. The predicted octanol–water partition coefficient (Wildman–Crippen LogP) is 3.92. The number of hydrogen-bond acceptors (Lipinski definition) is 2. The van der Waals surface area contributed by atoms with Crippen LogP contribution in [0.2, 0.25) is 0 Å². The van der Waals surface area contributed by atoms with Crippen molar-refractivity contribution in [1.82, 2.24) is 0 Å². The Bertz CT molecular complexity index is 525. The molecule has 2 aromatic carbocycles. The maximum absolute atomic E-state index is 5.92. The first-order chi connectivity index (χ1) is 9.24. The summed E-state index contributed by atoms with van der Waals surface area (Å²) in [4.78, 5) is 2.50. The minimum Gasteiger partial charge on any atom is -0.399 e. The second-order valence-corrected chi connectivity index (χ2v) is 5.36. The highest BCUT2D eigenvalue weighted by Crippen LogP contribution is 2.36. The first kappa shape index (κ1) is 12.1. The Hall–Kier alpha value is -1.96. The lowest BCUT2D eigenvalue weighted by Gasteiger charge is -2.27. The Morgan fingerprint density at radius 1 is 1.11 bits per heavy atom. The molecular weight excluding hydrogens is 232 g/mol. The van der Waals surface area contributed by atoms with Gasteiger partial charge in [0.05, 0.1) is 6.04 Å². The third-order valence-corrected chi connectivity index (χ3v) is 3.88. The van der Waals surface area contributed by atoms with E-state index in [1.807, 2.05) is 6.07 Å². The Kier molecular flexibility index (Phi) is 3.16. The van der Waals surface area contributed by atoms with Gasteiger partial charge in [0.2, 0.25) is 0 Å². The van der Waals surface area contributed by atoms with Gasteiger partial charge in [-0.05, 0) is 55.2 Å². The van der Waals surface area contributed by atoms with Gasteiger partial charge in [-0.3, -0.25) is 0 Å². The zero-order chi connectivity index (χ0) is 13.2. The highest BCUT2D eigenvalue weighted by molar-refractivity contribution is 5.53. The van der Waals surface area contributed by atoms with E-state index in [4.69, 9.17) is 5.73 Å². The highest BCUT2D eigenvalue weighted by Gasteiger charge is 2.26. The number of benzene rings is 2. The molecule has 1 aliphatic rings. The van der Waals surface area contributed by atoms with E-state index in [-0.39, 0.29) is 0 Å².